The maximum Gasteiger partial charge on any atom is 0.340 e. The first-order valence-corrected chi connectivity index (χ1v) is 8.35. The fourth-order valence-electron chi connectivity index (χ4n) is 2.75. The summed E-state index contributed by atoms with van der Waals surface area (Å²) in [7, 11) is 0. The Hall–Kier alpha value is -3.62. The molecule has 0 heterocycles. The fourth-order valence-corrected chi connectivity index (χ4v) is 2.75. The van der Waals surface area contributed by atoms with Gasteiger partial charge in [-0.15, -0.1) is 0 Å². The normalized spacial score (nSPS) is 11.5. The molecular formula is C20H20O9. The lowest BCUT2D eigenvalue weighted by atomic mass is 9.89. The molecule has 9 heteroatoms. The number of carboxylic acid groups (broad SMARTS) is 1. The van der Waals surface area contributed by atoms with Gasteiger partial charge in [0.15, 0.2) is 40.4 Å². The Labute approximate surface area is 166 Å². The molecule has 1 rings (SSSR count). The fraction of sp³-hybridized carbons (Fsp3) is 0.300. The van der Waals surface area contributed by atoms with Crippen LogP contribution in [0.5, 0.6) is 11.5 Å². The van der Waals surface area contributed by atoms with Crippen molar-refractivity contribution in [2.45, 2.75) is 40.7 Å². The minimum Gasteiger partial charge on any atom is -0.504 e. The van der Waals surface area contributed by atoms with Crippen LogP contribution < -0.4 is 4.74 Å². The van der Waals surface area contributed by atoms with Crippen LogP contribution >= 0.6 is 0 Å². The zero-order chi connectivity index (χ0) is 22.6. The van der Waals surface area contributed by atoms with E-state index in [0.29, 0.717) is 0 Å². The van der Waals surface area contributed by atoms with Crippen LogP contribution in [0, 0.1) is 0 Å². The largest absolute Gasteiger partial charge is 0.504 e. The Morgan fingerprint density at radius 3 is 1.72 bits per heavy atom. The lowest BCUT2D eigenvalue weighted by Gasteiger charge is -2.20. The number of hydrogen-bond donors (Lipinski definition) is 2. The third kappa shape index (κ3) is 5.01. The molecule has 0 aliphatic heterocycles. The summed E-state index contributed by atoms with van der Waals surface area (Å²) in [6.45, 7) is 5.14. The van der Waals surface area contributed by atoms with Gasteiger partial charge in [-0.2, -0.15) is 0 Å². The van der Waals surface area contributed by atoms with Crippen LogP contribution in [0.1, 0.15) is 50.5 Å². The highest BCUT2D eigenvalue weighted by Crippen LogP contribution is 2.38. The summed E-state index contributed by atoms with van der Waals surface area (Å²) in [6, 6.07) is 2.08. The zero-order valence-electron chi connectivity index (χ0n) is 16.5. The molecule has 0 unspecified atom stereocenters. The Morgan fingerprint density at radius 2 is 1.38 bits per heavy atom. The number of ether oxygens (including phenoxy) is 1. The first-order valence-electron chi connectivity index (χ1n) is 8.35. The molecule has 9 nitrogen and oxygen atoms in total. The van der Waals surface area contributed by atoms with Crippen molar-refractivity contribution in [3.05, 3.63) is 28.8 Å². The average molecular weight is 404 g/mol. The molecule has 0 amide bonds. The molecule has 29 heavy (non-hydrogen) atoms. The predicted molar refractivity (Wildman–Crippen MR) is 99.8 cm³/mol. The number of carboxylic acids is 1. The standard InChI is InChI=1S/C20H20O9/c1-8(21)15(17(10(3)23)20(27)28)13-6-7-14(26)19(16(13)9(2)22)29-18(11(4)24)12(5)25/h6-7,18,26H,1-5H3,(H,27,28)/b17-15+. The smallest absolute Gasteiger partial charge is 0.340 e. The number of phenols is 1. The molecule has 0 spiro atoms. The Balaban J connectivity index is 4.02. The minimum absolute atomic E-state index is 0.281. The summed E-state index contributed by atoms with van der Waals surface area (Å²) in [4.78, 5) is 71.3. The average Bonchev–Trinajstić information content (AvgIpc) is 2.56. The van der Waals surface area contributed by atoms with Crippen molar-refractivity contribution in [1.82, 2.24) is 0 Å². The van der Waals surface area contributed by atoms with Gasteiger partial charge in [0.2, 0.25) is 6.10 Å². The van der Waals surface area contributed by atoms with Crippen molar-refractivity contribution in [3.8, 4) is 11.5 Å². The Morgan fingerprint density at radius 1 is 0.862 bits per heavy atom. The number of rotatable bonds is 9. The molecule has 1 aromatic rings. The van der Waals surface area contributed by atoms with E-state index in [0.717, 1.165) is 46.8 Å². The summed E-state index contributed by atoms with van der Waals surface area (Å²) in [5, 5.41) is 19.6. The summed E-state index contributed by atoms with van der Waals surface area (Å²) in [6.07, 6.45) is -1.63. The van der Waals surface area contributed by atoms with E-state index in [-0.39, 0.29) is 5.56 Å². The van der Waals surface area contributed by atoms with Crippen molar-refractivity contribution in [1.29, 1.82) is 0 Å². The van der Waals surface area contributed by atoms with Gasteiger partial charge in [-0.1, -0.05) is 0 Å². The van der Waals surface area contributed by atoms with Gasteiger partial charge in [0, 0.05) is 11.1 Å². The highest BCUT2D eigenvalue weighted by atomic mass is 16.5. The second kappa shape index (κ2) is 9.05. The second-order valence-corrected chi connectivity index (χ2v) is 6.28. The van der Waals surface area contributed by atoms with Gasteiger partial charge in [-0.05, 0) is 46.8 Å². The summed E-state index contributed by atoms with van der Waals surface area (Å²) < 4.78 is 5.30. The van der Waals surface area contributed by atoms with Gasteiger partial charge < -0.3 is 14.9 Å². The van der Waals surface area contributed by atoms with Crippen LogP contribution in [0.2, 0.25) is 0 Å². The molecule has 0 aromatic heterocycles. The van der Waals surface area contributed by atoms with Gasteiger partial charge in [-0.3, -0.25) is 24.0 Å². The molecule has 0 aliphatic carbocycles. The second-order valence-electron chi connectivity index (χ2n) is 6.28. The summed E-state index contributed by atoms with van der Waals surface area (Å²) >= 11 is 0. The van der Waals surface area contributed by atoms with Crippen LogP contribution in [0.25, 0.3) is 5.57 Å². The van der Waals surface area contributed by atoms with E-state index >= 15 is 0 Å². The van der Waals surface area contributed by atoms with Gasteiger partial charge in [-0.25, -0.2) is 4.79 Å². The number of carbonyl (C=O) groups excluding carboxylic acids is 5. The van der Waals surface area contributed by atoms with Crippen molar-refractivity contribution in [2.75, 3.05) is 0 Å². The first-order chi connectivity index (χ1) is 13.3. The molecular weight excluding hydrogens is 384 g/mol. The number of ketones is 5. The molecule has 2 N–H and O–H groups in total. The molecule has 0 saturated heterocycles. The lowest BCUT2D eigenvalue weighted by molar-refractivity contribution is -0.135. The Bertz CT molecular complexity index is 936. The molecule has 0 atom stereocenters. The van der Waals surface area contributed by atoms with Crippen molar-refractivity contribution in [2.24, 2.45) is 0 Å². The molecule has 154 valence electrons. The van der Waals surface area contributed by atoms with Crippen LogP contribution in [-0.2, 0) is 24.0 Å². The third-order valence-corrected chi connectivity index (χ3v) is 3.90. The van der Waals surface area contributed by atoms with Gasteiger partial charge in [0.25, 0.3) is 0 Å². The van der Waals surface area contributed by atoms with Crippen molar-refractivity contribution in [3.63, 3.8) is 0 Å². The maximum absolute atomic E-state index is 12.3. The van der Waals surface area contributed by atoms with E-state index in [4.69, 9.17) is 4.74 Å². The number of allylic oxidation sites excluding steroid dienone is 1. The van der Waals surface area contributed by atoms with Crippen LogP contribution in [0.4, 0.5) is 0 Å². The minimum atomic E-state index is -1.68. The lowest BCUT2D eigenvalue weighted by Crippen LogP contribution is -2.33. The van der Waals surface area contributed by atoms with E-state index in [2.05, 4.69) is 0 Å². The third-order valence-electron chi connectivity index (χ3n) is 3.90. The number of hydrogen-bond acceptors (Lipinski definition) is 8. The molecule has 0 fully saturated rings. The molecule has 0 aliphatic rings. The SMILES string of the molecule is CC(=O)/C(C(=O)O)=C(/C(C)=O)c1ccc(O)c(OC(C(C)=O)C(C)=O)c1C(C)=O. The van der Waals surface area contributed by atoms with Gasteiger partial charge in [0.1, 0.15) is 5.57 Å². The molecule has 0 saturated carbocycles. The molecule has 1 aromatic carbocycles. The van der Waals surface area contributed by atoms with E-state index in [9.17, 15) is 39.0 Å². The number of phenolic OH excluding ortho intramolecular Hbond substituents is 1. The monoisotopic (exact) mass is 404 g/mol. The van der Waals surface area contributed by atoms with Crippen molar-refractivity contribution >= 4 is 40.5 Å². The topological polar surface area (TPSA) is 152 Å². The summed E-state index contributed by atoms with van der Waals surface area (Å²) in [5.41, 5.74) is -2.15. The Kier molecular flexibility index (Phi) is 7.31. The van der Waals surface area contributed by atoms with E-state index < -0.39 is 69.2 Å². The zero-order valence-corrected chi connectivity index (χ0v) is 16.5. The van der Waals surface area contributed by atoms with Gasteiger partial charge >= 0.3 is 5.97 Å². The number of aliphatic carboxylic acids is 1. The summed E-state index contributed by atoms with van der Waals surface area (Å²) in [5.74, 6) is -6.79. The highest BCUT2D eigenvalue weighted by Gasteiger charge is 2.31. The highest BCUT2D eigenvalue weighted by molar-refractivity contribution is 6.35. The van der Waals surface area contributed by atoms with Crippen LogP contribution in [0.15, 0.2) is 17.7 Å². The predicted octanol–water partition coefficient (Wildman–Crippen LogP) is 1.54. The van der Waals surface area contributed by atoms with E-state index in [1.807, 2.05) is 0 Å². The quantitative estimate of drug-likeness (QED) is 0.270. The number of carbonyl (C=O) groups is 6. The van der Waals surface area contributed by atoms with Gasteiger partial charge in [0.05, 0.1) is 5.56 Å². The van der Waals surface area contributed by atoms with E-state index in [1.54, 1.807) is 0 Å². The number of Topliss-reactive ketones (excluding diaryl/α,β-unsaturated/α-hetero) is 5. The van der Waals surface area contributed by atoms with Crippen LogP contribution in [0.3, 0.4) is 0 Å². The first kappa shape index (κ1) is 23.4. The maximum atomic E-state index is 12.3. The molecule has 0 radical (unpaired) electrons. The van der Waals surface area contributed by atoms with Crippen molar-refractivity contribution < 1.29 is 43.7 Å². The van der Waals surface area contributed by atoms with E-state index in [1.165, 1.54) is 0 Å². The molecule has 0 bridgehead atoms. The van der Waals surface area contributed by atoms with Crippen LogP contribution in [-0.4, -0.2) is 51.2 Å². The number of benzene rings is 1. The number of aromatic hydroxyl groups is 1.